The van der Waals surface area contributed by atoms with Gasteiger partial charge in [0.2, 0.25) is 0 Å². The van der Waals surface area contributed by atoms with Crippen molar-refractivity contribution in [3.8, 4) is 0 Å². The van der Waals surface area contributed by atoms with Gasteiger partial charge >= 0.3 is 5.97 Å². The molecule has 3 nitrogen and oxygen atoms in total. The van der Waals surface area contributed by atoms with Crippen LogP contribution < -0.4 is 5.73 Å². The standard InChI is InChI=1S/C10H10FNO2S/c1-14-10(13)4-5-15-7-2-3-9(12)8(11)6-7/h2-6H,12H2,1H3. The zero-order valence-corrected chi connectivity index (χ0v) is 8.88. The number of hydrogen-bond donors (Lipinski definition) is 1. The minimum Gasteiger partial charge on any atom is -0.466 e. The number of hydrogen-bond acceptors (Lipinski definition) is 4. The molecule has 0 saturated carbocycles. The van der Waals surface area contributed by atoms with Crippen LogP contribution in [0.4, 0.5) is 10.1 Å². The predicted octanol–water partition coefficient (Wildman–Crippen LogP) is 2.19. The topological polar surface area (TPSA) is 52.3 Å². The Hall–Kier alpha value is -1.49. The Balaban J connectivity index is 2.62. The molecule has 0 aromatic heterocycles. The normalized spacial score (nSPS) is 10.5. The predicted molar refractivity (Wildman–Crippen MR) is 57.8 cm³/mol. The van der Waals surface area contributed by atoms with E-state index in [2.05, 4.69) is 4.74 Å². The second kappa shape index (κ2) is 5.41. The maximum absolute atomic E-state index is 13.0. The zero-order valence-electron chi connectivity index (χ0n) is 8.07. The third-order valence-corrected chi connectivity index (χ3v) is 2.38. The average molecular weight is 227 g/mol. The van der Waals surface area contributed by atoms with Crippen molar-refractivity contribution < 1.29 is 13.9 Å². The summed E-state index contributed by atoms with van der Waals surface area (Å²) >= 11 is 1.21. The first-order valence-corrected chi connectivity index (χ1v) is 4.97. The number of carbonyl (C=O) groups is 1. The highest BCUT2D eigenvalue weighted by molar-refractivity contribution is 8.02. The second-order valence-corrected chi connectivity index (χ2v) is 3.61. The van der Waals surface area contributed by atoms with Crippen LogP contribution in [-0.4, -0.2) is 13.1 Å². The van der Waals surface area contributed by atoms with Crippen molar-refractivity contribution in [1.82, 2.24) is 0 Å². The maximum atomic E-state index is 13.0. The largest absolute Gasteiger partial charge is 0.466 e. The molecule has 0 aliphatic carbocycles. The van der Waals surface area contributed by atoms with E-state index in [1.807, 2.05) is 0 Å². The van der Waals surface area contributed by atoms with Crippen LogP contribution in [0.5, 0.6) is 0 Å². The number of nitrogen functional groups attached to an aromatic ring is 1. The highest BCUT2D eigenvalue weighted by Crippen LogP contribution is 2.22. The fraction of sp³-hybridized carbons (Fsp3) is 0.100. The minimum absolute atomic E-state index is 0.108. The smallest absolute Gasteiger partial charge is 0.330 e. The lowest BCUT2D eigenvalue weighted by Crippen LogP contribution is -1.92. The zero-order chi connectivity index (χ0) is 11.3. The molecule has 15 heavy (non-hydrogen) atoms. The molecule has 80 valence electrons. The van der Waals surface area contributed by atoms with Crippen LogP contribution in [0.15, 0.2) is 34.6 Å². The number of carbonyl (C=O) groups excluding carboxylic acids is 1. The van der Waals surface area contributed by atoms with Crippen LogP contribution in [0, 0.1) is 5.82 Å². The molecular formula is C10H10FNO2S. The average Bonchev–Trinajstić information content (AvgIpc) is 2.23. The molecule has 0 saturated heterocycles. The number of anilines is 1. The molecule has 2 N–H and O–H groups in total. The lowest BCUT2D eigenvalue weighted by molar-refractivity contribution is -0.134. The number of benzene rings is 1. The Kier molecular flexibility index (Phi) is 4.17. The summed E-state index contributed by atoms with van der Waals surface area (Å²) in [5.74, 6) is -0.912. The summed E-state index contributed by atoms with van der Waals surface area (Å²) in [5.41, 5.74) is 5.42. The Bertz CT molecular complexity index is 393. The summed E-state index contributed by atoms with van der Waals surface area (Å²) < 4.78 is 17.4. The van der Waals surface area contributed by atoms with Gasteiger partial charge in [0.25, 0.3) is 0 Å². The van der Waals surface area contributed by atoms with Crippen LogP contribution in [0.25, 0.3) is 0 Å². The van der Waals surface area contributed by atoms with Crippen molar-refractivity contribution >= 4 is 23.4 Å². The fourth-order valence-electron chi connectivity index (χ4n) is 0.817. The van der Waals surface area contributed by atoms with Gasteiger partial charge in [0, 0.05) is 11.0 Å². The molecule has 0 radical (unpaired) electrons. The Morgan fingerprint density at radius 2 is 2.33 bits per heavy atom. The van der Waals surface area contributed by atoms with E-state index in [0.717, 1.165) is 0 Å². The molecule has 0 unspecified atom stereocenters. The van der Waals surface area contributed by atoms with Gasteiger partial charge in [-0.3, -0.25) is 0 Å². The quantitative estimate of drug-likeness (QED) is 0.372. The second-order valence-electron chi connectivity index (χ2n) is 2.63. The summed E-state index contributed by atoms with van der Waals surface area (Å²) in [6.07, 6.45) is 1.26. The Morgan fingerprint density at radius 3 is 2.93 bits per heavy atom. The highest BCUT2D eigenvalue weighted by atomic mass is 32.2. The molecule has 0 heterocycles. The summed E-state index contributed by atoms with van der Waals surface area (Å²) in [6, 6.07) is 4.45. The number of esters is 1. The Morgan fingerprint density at radius 1 is 1.60 bits per heavy atom. The van der Waals surface area contributed by atoms with Crippen LogP contribution in [0.2, 0.25) is 0 Å². The summed E-state index contributed by atoms with van der Waals surface area (Å²) in [4.78, 5) is 11.4. The van der Waals surface area contributed by atoms with Gasteiger partial charge in [0.15, 0.2) is 0 Å². The number of ether oxygens (including phenoxy) is 1. The molecule has 0 fully saturated rings. The summed E-state index contributed by atoms with van der Waals surface area (Å²) in [6.45, 7) is 0. The molecule has 1 aromatic rings. The van der Waals surface area contributed by atoms with E-state index in [9.17, 15) is 9.18 Å². The first-order chi connectivity index (χ1) is 7.13. The number of rotatable bonds is 3. The maximum Gasteiger partial charge on any atom is 0.330 e. The molecule has 0 bridgehead atoms. The van der Waals surface area contributed by atoms with Gasteiger partial charge in [-0.05, 0) is 23.6 Å². The van der Waals surface area contributed by atoms with Crippen molar-refractivity contribution in [2.45, 2.75) is 4.90 Å². The molecule has 0 spiro atoms. The monoisotopic (exact) mass is 227 g/mol. The molecule has 1 rings (SSSR count). The summed E-state index contributed by atoms with van der Waals surface area (Å²) in [5, 5.41) is 1.52. The van der Waals surface area contributed by atoms with Crippen molar-refractivity contribution in [1.29, 1.82) is 0 Å². The number of halogens is 1. The number of methoxy groups -OCH3 is 1. The van der Waals surface area contributed by atoms with Crippen LogP contribution in [-0.2, 0) is 9.53 Å². The van der Waals surface area contributed by atoms with E-state index in [4.69, 9.17) is 5.73 Å². The van der Waals surface area contributed by atoms with Gasteiger partial charge < -0.3 is 10.5 Å². The molecule has 0 amide bonds. The first-order valence-electron chi connectivity index (χ1n) is 4.09. The molecular weight excluding hydrogens is 217 g/mol. The lowest BCUT2D eigenvalue weighted by Gasteiger charge is -1.98. The third kappa shape index (κ3) is 3.63. The first kappa shape index (κ1) is 11.6. The van der Waals surface area contributed by atoms with Gasteiger partial charge in [-0.15, -0.1) is 0 Å². The van der Waals surface area contributed by atoms with E-state index < -0.39 is 11.8 Å². The van der Waals surface area contributed by atoms with Crippen molar-refractivity contribution in [2.24, 2.45) is 0 Å². The highest BCUT2D eigenvalue weighted by Gasteiger charge is 1.99. The van der Waals surface area contributed by atoms with Gasteiger partial charge in [0.1, 0.15) is 5.82 Å². The van der Waals surface area contributed by atoms with E-state index in [-0.39, 0.29) is 5.69 Å². The molecule has 0 atom stereocenters. The van der Waals surface area contributed by atoms with Crippen LogP contribution >= 0.6 is 11.8 Å². The van der Waals surface area contributed by atoms with Crippen molar-refractivity contribution in [2.75, 3.05) is 12.8 Å². The van der Waals surface area contributed by atoms with Gasteiger partial charge in [0.05, 0.1) is 12.8 Å². The number of nitrogens with two attached hydrogens (primary N) is 1. The van der Waals surface area contributed by atoms with E-state index in [0.29, 0.717) is 4.90 Å². The lowest BCUT2D eigenvalue weighted by atomic mass is 10.3. The molecule has 1 aromatic carbocycles. The minimum atomic E-state index is -0.466. The summed E-state index contributed by atoms with van der Waals surface area (Å²) in [7, 11) is 1.29. The van der Waals surface area contributed by atoms with Gasteiger partial charge in [-0.25, -0.2) is 9.18 Å². The van der Waals surface area contributed by atoms with Crippen LogP contribution in [0.3, 0.4) is 0 Å². The van der Waals surface area contributed by atoms with Crippen LogP contribution in [0.1, 0.15) is 0 Å². The Labute approximate surface area is 91.1 Å². The fourth-order valence-corrected chi connectivity index (χ4v) is 1.47. The third-order valence-electron chi connectivity index (χ3n) is 1.58. The number of thioether (sulfide) groups is 1. The van der Waals surface area contributed by atoms with Crippen molar-refractivity contribution in [3.05, 3.63) is 35.5 Å². The van der Waals surface area contributed by atoms with E-state index in [1.54, 1.807) is 6.07 Å². The van der Waals surface area contributed by atoms with E-state index >= 15 is 0 Å². The molecule has 0 aliphatic rings. The van der Waals surface area contributed by atoms with Gasteiger partial charge in [-0.2, -0.15) is 0 Å². The van der Waals surface area contributed by atoms with E-state index in [1.165, 1.54) is 42.5 Å². The van der Waals surface area contributed by atoms with Crippen molar-refractivity contribution in [3.63, 3.8) is 0 Å². The molecule has 5 heteroatoms. The van der Waals surface area contributed by atoms with Gasteiger partial charge in [-0.1, -0.05) is 11.8 Å². The SMILES string of the molecule is COC(=O)C=CSc1ccc(N)c(F)c1. The molecule has 0 aliphatic heterocycles.